The van der Waals surface area contributed by atoms with Gasteiger partial charge in [0.1, 0.15) is 0 Å². The Bertz CT molecular complexity index is 474. The van der Waals surface area contributed by atoms with Crippen molar-refractivity contribution in [2.24, 2.45) is 5.92 Å². The second kappa shape index (κ2) is 7.20. The van der Waals surface area contributed by atoms with Crippen LogP contribution in [0, 0.1) is 5.92 Å². The van der Waals surface area contributed by atoms with Crippen LogP contribution in [0.2, 0.25) is 0 Å². The average molecular weight is 309 g/mol. The Balaban J connectivity index is 1.63. The van der Waals surface area contributed by atoms with Crippen molar-refractivity contribution in [1.29, 1.82) is 0 Å². The molecule has 6 heteroatoms. The van der Waals surface area contributed by atoms with Crippen LogP contribution in [0.3, 0.4) is 0 Å². The van der Waals surface area contributed by atoms with E-state index in [-0.39, 0.29) is 11.9 Å². The molecule has 2 fully saturated rings. The number of hydrogen-bond acceptors (Lipinski definition) is 4. The summed E-state index contributed by atoms with van der Waals surface area (Å²) in [6.07, 6.45) is 8.63. The zero-order valence-corrected chi connectivity index (χ0v) is 12.9. The van der Waals surface area contributed by atoms with Gasteiger partial charge in [0.2, 0.25) is 6.39 Å². The molecule has 1 aromatic rings. The lowest BCUT2D eigenvalue weighted by Gasteiger charge is -2.35. The molecule has 0 bridgehead atoms. The number of nitrogens with zero attached hydrogens (tertiary/aromatic N) is 3. The normalized spacial score (nSPS) is 25.1. The molecule has 2 atom stereocenters. The maximum atomic E-state index is 14.5. The molecule has 0 spiro atoms. The van der Waals surface area contributed by atoms with Gasteiger partial charge in [0, 0.05) is 6.54 Å². The summed E-state index contributed by atoms with van der Waals surface area (Å²) in [5, 5.41) is 3.85. The Kier molecular flexibility index (Phi) is 5.05. The quantitative estimate of drug-likeness (QED) is 0.855. The molecule has 0 N–H and O–H groups in total. The second-order valence-electron chi connectivity index (χ2n) is 6.54. The van der Waals surface area contributed by atoms with Gasteiger partial charge < -0.3 is 9.42 Å². The molecule has 1 saturated heterocycles. The summed E-state index contributed by atoms with van der Waals surface area (Å²) >= 11 is 0. The molecule has 22 heavy (non-hydrogen) atoms. The van der Waals surface area contributed by atoms with E-state index in [1.165, 1.54) is 25.7 Å². The summed E-state index contributed by atoms with van der Waals surface area (Å²) in [7, 11) is 0. The number of piperidine rings is 1. The van der Waals surface area contributed by atoms with Gasteiger partial charge >= 0.3 is 0 Å². The van der Waals surface area contributed by atoms with Crippen LogP contribution < -0.4 is 0 Å². The largest absolute Gasteiger partial charge is 0.343 e. The molecule has 2 unspecified atom stereocenters. The van der Waals surface area contributed by atoms with Gasteiger partial charge in [-0.05, 0) is 31.6 Å². The molecule has 1 saturated carbocycles. The van der Waals surface area contributed by atoms with Crippen LogP contribution in [-0.4, -0.2) is 33.7 Å². The van der Waals surface area contributed by atoms with Crippen molar-refractivity contribution in [1.82, 2.24) is 15.0 Å². The first-order chi connectivity index (χ1) is 10.8. The lowest BCUT2D eigenvalue weighted by molar-refractivity contribution is -0.141. The van der Waals surface area contributed by atoms with Gasteiger partial charge in [-0.15, -0.1) is 0 Å². The van der Waals surface area contributed by atoms with Crippen LogP contribution in [0.1, 0.15) is 69.7 Å². The molecule has 2 heterocycles. The Hall–Kier alpha value is -1.46. The fourth-order valence-corrected chi connectivity index (χ4v) is 3.79. The highest BCUT2D eigenvalue weighted by Gasteiger charge is 2.35. The van der Waals surface area contributed by atoms with Gasteiger partial charge in [0.05, 0.1) is 6.04 Å². The summed E-state index contributed by atoms with van der Waals surface area (Å²) in [6, 6.07) is -0.232. The first-order valence-electron chi connectivity index (χ1n) is 8.46. The molecule has 1 aliphatic heterocycles. The molecule has 1 aliphatic carbocycles. The Morgan fingerprint density at radius 3 is 2.77 bits per heavy atom. The van der Waals surface area contributed by atoms with Crippen molar-refractivity contribution in [2.75, 3.05) is 6.54 Å². The third-order valence-corrected chi connectivity index (χ3v) is 5.00. The fraction of sp³-hybridized carbons (Fsp3) is 0.812. The number of aromatic nitrogens is 2. The van der Waals surface area contributed by atoms with Gasteiger partial charge in [-0.2, -0.15) is 4.98 Å². The lowest BCUT2D eigenvalue weighted by atomic mass is 9.85. The van der Waals surface area contributed by atoms with Crippen molar-refractivity contribution >= 4 is 5.91 Å². The predicted molar refractivity (Wildman–Crippen MR) is 78.7 cm³/mol. The monoisotopic (exact) mass is 309 g/mol. The molecule has 122 valence electrons. The van der Waals surface area contributed by atoms with Crippen LogP contribution in [-0.2, 0) is 4.79 Å². The van der Waals surface area contributed by atoms with Gasteiger partial charge in [0.15, 0.2) is 12.0 Å². The second-order valence-corrected chi connectivity index (χ2v) is 6.54. The first kappa shape index (κ1) is 15.4. The first-order valence-corrected chi connectivity index (χ1v) is 8.46. The van der Waals surface area contributed by atoms with Gasteiger partial charge in [-0.25, -0.2) is 4.39 Å². The van der Waals surface area contributed by atoms with E-state index in [0.29, 0.717) is 24.7 Å². The Morgan fingerprint density at radius 1 is 1.27 bits per heavy atom. The fourth-order valence-electron chi connectivity index (χ4n) is 3.79. The number of halogens is 1. The molecule has 2 aliphatic rings. The minimum absolute atomic E-state index is 0.232. The summed E-state index contributed by atoms with van der Waals surface area (Å²) < 4.78 is 19.3. The summed E-state index contributed by atoms with van der Waals surface area (Å²) in [4.78, 5) is 18.2. The average Bonchev–Trinajstić information content (AvgIpc) is 3.09. The van der Waals surface area contributed by atoms with Gasteiger partial charge in [0.25, 0.3) is 5.91 Å². The van der Waals surface area contributed by atoms with Crippen LogP contribution in [0.25, 0.3) is 0 Å². The molecular formula is C16H24FN3O2. The van der Waals surface area contributed by atoms with Crippen molar-refractivity contribution < 1.29 is 13.7 Å². The van der Waals surface area contributed by atoms with Gasteiger partial charge in [-0.1, -0.05) is 37.3 Å². The number of likely N-dealkylation sites (tertiary alicyclic amines) is 1. The summed E-state index contributed by atoms with van der Waals surface area (Å²) in [6.45, 7) is 0.586. The Morgan fingerprint density at radius 2 is 2.05 bits per heavy atom. The van der Waals surface area contributed by atoms with Crippen molar-refractivity contribution in [3.8, 4) is 0 Å². The maximum Gasteiger partial charge on any atom is 0.257 e. The van der Waals surface area contributed by atoms with E-state index in [2.05, 4.69) is 10.1 Å². The topological polar surface area (TPSA) is 59.2 Å². The number of alkyl halides is 1. The number of carbonyl (C=O) groups is 1. The summed E-state index contributed by atoms with van der Waals surface area (Å²) in [5.74, 6) is 0.471. The van der Waals surface area contributed by atoms with E-state index >= 15 is 0 Å². The molecule has 3 rings (SSSR count). The SMILES string of the molecule is O=C(C(F)CC1CCCCC1)N1CCCCC1c1ncon1. The number of amides is 1. The minimum atomic E-state index is -1.39. The van der Waals surface area contributed by atoms with E-state index in [9.17, 15) is 9.18 Å². The maximum absolute atomic E-state index is 14.5. The lowest BCUT2D eigenvalue weighted by Crippen LogP contribution is -2.43. The molecule has 5 nitrogen and oxygen atoms in total. The molecule has 1 aromatic heterocycles. The van der Waals surface area contributed by atoms with Crippen LogP contribution in [0.5, 0.6) is 0 Å². The number of hydrogen-bond donors (Lipinski definition) is 0. The van der Waals surface area contributed by atoms with Crippen LogP contribution in [0.4, 0.5) is 4.39 Å². The van der Waals surface area contributed by atoms with Gasteiger partial charge in [-0.3, -0.25) is 4.79 Å². The highest BCUT2D eigenvalue weighted by atomic mass is 19.1. The third kappa shape index (κ3) is 3.47. The molecule has 1 amide bonds. The van der Waals surface area contributed by atoms with Crippen molar-refractivity contribution in [2.45, 2.75) is 70.0 Å². The van der Waals surface area contributed by atoms with E-state index in [1.807, 2.05) is 0 Å². The van der Waals surface area contributed by atoms with E-state index in [4.69, 9.17) is 4.52 Å². The zero-order chi connectivity index (χ0) is 15.4. The smallest absolute Gasteiger partial charge is 0.257 e. The van der Waals surface area contributed by atoms with Crippen LogP contribution >= 0.6 is 0 Å². The third-order valence-electron chi connectivity index (χ3n) is 5.00. The standard InChI is InChI=1S/C16H24FN3O2/c17-13(10-12-6-2-1-3-7-12)16(21)20-9-5-4-8-14(20)15-18-11-22-19-15/h11-14H,1-10H2. The number of rotatable bonds is 4. The molecular weight excluding hydrogens is 285 g/mol. The van der Waals surface area contributed by atoms with Crippen LogP contribution in [0.15, 0.2) is 10.9 Å². The summed E-state index contributed by atoms with van der Waals surface area (Å²) in [5.41, 5.74) is 0. The Labute approximate surface area is 130 Å². The van der Waals surface area contributed by atoms with Crippen molar-refractivity contribution in [3.05, 3.63) is 12.2 Å². The highest BCUT2D eigenvalue weighted by molar-refractivity contribution is 5.81. The van der Waals surface area contributed by atoms with E-state index < -0.39 is 6.17 Å². The van der Waals surface area contributed by atoms with E-state index in [0.717, 1.165) is 32.1 Å². The van der Waals surface area contributed by atoms with E-state index in [1.54, 1.807) is 4.90 Å². The minimum Gasteiger partial charge on any atom is -0.343 e. The van der Waals surface area contributed by atoms with Crippen molar-refractivity contribution in [3.63, 3.8) is 0 Å². The highest BCUT2D eigenvalue weighted by Crippen LogP contribution is 2.32. The molecule has 0 aromatic carbocycles. The predicted octanol–water partition coefficient (Wildman–Crippen LogP) is 3.43. The number of carbonyl (C=O) groups excluding carboxylic acids is 1. The zero-order valence-electron chi connectivity index (χ0n) is 12.9. The molecule has 0 radical (unpaired) electrons.